The van der Waals surface area contributed by atoms with Gasteiger partial charge in [-0.25, -0.2) is 0 Å². The highest BCUT2D eigenvalue weighted by atomic mass is 16.7. The molecule has 0 aromatic carbocycles. The Bertz CT molecular complexity index is 417. The standard InChI is InChI=1S/C16H22O3/c1-6-13(5)16(18-7-2)19-15(10-12(3)4)14-8-9-17-11-14/h6,8-9,11,15-16H,1,3,5,7,10H2,2,4H3. The second-order valence-electron chi connectivity index (χ2n) is 4.41. The quantitative estimate of drug-likeness (QED) is 0.375. The summed E-state index contributed by atoms with van der Waals surface area (Å²) in [6, 6.07) is 1.88. The van der Waals surface area contributed by atoms with E-state index in [-0.39, 0.29) is 6.10 Å². The van der Waals surface area contributed by atoms with Crippen molar-refractivity contribution in [2.45, 2.75) is 32.7 Å². The lowest BCUT2D eigenvalue weighted by atomic mass is 10.1. The van der Waals surface area contributed by atoms with Gasteiger partial charge in [0.1, 0.15) is 0 Å². The summed E-state index contributed by atoms with van der Waals surface area (Å²) in [5.74, 6) is 0. The highest BCUT2D eigenvalue weighted by Gasteiger charge is 2.20. The van der Waals surface area contributed by atoms with E-state index in [4.69, 9.17) is 13.9 Å². The molecule has 0 fully saturated rings. The third-order valence-corrected chi connectivity index (χ3v) is 2.62. The predicted molar refractivity (Wildman–Crippen MR) is 76.7 cm³/mol. The van der Waals surface area contributed by atoms with Gasteiger partial charge >= 0.3 is 0 Å². The van der Waals surface area contributed by atoms with Crippen molar-refractivity contribution in [1.82, 2.24) is 0 Å². The first-order chi connectivity index (χ1) is 9.08. The van der Waals surface area contributed by atoms with Crippen LogP contribution in [0.3, 0.4) is 0 Å². The van der Waals surface area contributed by atoms with Crippen molar-refractivity contribution in [2.75, 3.05) is 6.61 Å². The van der Waals surface area contributed by atoms with Gasteiger partial charge in [0.05, 0.1) is 18.6 Å². The largest absolute Gasteiger partial charge is 0.472 e. The third-order valence-electron chi connectivity index (χ3n) is 2.62. The van der Waals surface area contributed by atoms with E-state index in [9.17, 15) is 0 Å². The zero-order chi connectivity index (χ0) is 14.3. The first-order valence-electron chi connectivity index (χ1n) is 6.33. The van der Waals surface area contributed by atoms with E-state index in [1.54, 1.807) is 18.6 Å². The van der Waals surface area contributed by atoms with Crippen LogP contribution in [-0.4, -0.2) is 12.9 Å². The van der Waals surface area contributed by atoms with Gasteiger partial charge in [0.25, 0.3) is 0 Å². The normalized spacial score (nSPS) is 13.8. The molecule has 0 aliphatic heterocycles. The van der Waals surface area contributed by atoms with Gasteiger partial charge in [0, 0.05) is 12.2 Å². The van der Waals surface area contributed by atoms with Gasteiger partial charge in [-0.1, -0.05) is 24.8 Å². The van der Waals surface area contributed by atoms with Crippen LogP contribution in [0, 0.1) is 0 Å². The number of rotatable bonds is 9. The topological polar surface area (TPSA) is 31.6 Å². The van der Waals surface area contributed by atoms with Crippen molar-refractivity contribution in [2.24, 2.45) is 0 Å². The average molecular weight is 262 g/mol. The van der Waals surface area contributed by atoms with Crippen LogP contribution in [-0.2, 0) is 9.47 Å². The fourth-order valence-electron chi connectivity index (χ4n) is 1.65. The molecule has 1 aromatic rings. The highest BCUT2D eigenvalue weighted by molar-refractivity contribution is 5.17. The molecule has 104 valence electrons. The Morgan fingerprint density at radius 2 is 2.21 bits per heavy atom. The molecule has 0 spiro atoms. The lowest BCUT2D eigenvalue weighted by Crippen LogP contribution is -2.21. The smallest absolute Gasteiger partial charge is 0.183 e. The van der Waals surface area contributed by atoms with Gasteiger partial charge in [-0.05, 0) is 31.9 Å². The highest BCUT2D eigenvalue weighted by Crippen LogP contribution is 2.28. The molecule has 1 rings (SSSR count). The Labute approximate surface area is 115 Å². The molecule has 0 saturated heterocycles. The Kier molecular flexibility index (Phi) is 6.33. The number of hydrogen-bond acceptors (Lipinski definition) is 3. The number of furan rings is 1. The molecule has 3 heteroatoms. The molecular formula is C16H22O3. The maximum absolute atomic E-state index is 5.99. The minimum atomic E-state index is -0.498. The Balaban J connectivity index is 2.82. The molecule has 0 aliphatic carbocycles. The molecule has 3 nitrogen and oxygen atoms in total. The minimum Gasteiger partial charge on any atom is -0.472 e. The van der Waals surface area contributed by atoms with Gasteiger partial charge in [0.2, 0.25) is 0 Å². The molecular weight excluding hydrogens is 240 g/mol. The average Bonchev–Trinajstić information content (AvgIpc) is 2.89. The van der Waals surface area contributed by atoms with Crippen molar-refractivity contribution in [3.63, 3.8) is 0 Å². The summed E-state index contributed by atoms with van der Waals surface area (Å²) < 4.78 is 16.6. The van der Waals surface area contributed by atoms with Crippen LogP contribution in [0.15, 0.2) is 60.0 Å². The second-order valence-corrected chi connectivity index (χ2v) is 4.41. The zero-order valence-corrected chi connectivity index (χ0v) is 11.7. The molecule has 2 atom stereocenters. The summed E-state index contributed by atoms with van der Waals surface area (Å²) in [6.07, 6.45) is 4.99. The molecule has 0 amide bonds. The number of ether oxygens (including phenoxy) is 2. The van der Waals surface area contributed by atoms with Crippen LogP contribution in [0.1, 0.15) is 31.9 Å². The summed E-state index contributed by atoms with van der Waals surface area (Å²) in [5.41, 5.74) is 2.70. The zero-order valence-electron chi connectivity index (χ0n) is 11.7. The maximum atomic E-state index is 5.99. The summed E-state index contributed by atoms with van der Waals surface area (Å²) >= 11 is 0. The van der Waals surface area contributed by atoms with E-state index in [1.807, 2.05) is 19.9 Å². The van der Waals surface area contributed by atoms with Gasteiger partial charge in [-0.3, -0.25) is 0 Å². The van der Waals surface area contributed by atoms with Gasteiger partial charge in [-0.15, -0.1) is 6.58 Å². The first kappa shape index (κ1) is 15.5. The van der Waals surface area contributed by atoms with Crippen molar-refractivity contribution < 1.29 is 13.9 Å². The molecule has 0 radical (unpaired) electrons. The Morgan fingerprint density at radius 3 is 2.68 bits per heavy atom. The summed E-state index contributed by atoms with van der Waals surface area (Å²) in [6.45, 7) is 15.9. The molecule has 2 unspecified atom stereocenters. The number of hydrogen-bond donors (Lipinski definition) is 0. The van der Waals surface area contributed by atoms with Gasteiger partial charge in [0.15, 0.2) is 6.29 Å². The van der Waals surface area contributed by atoms with Crippen molar-refractivity contribution in [3.05, 3.63) is 61.1 Å². The lowest BCUT2D eigenvalue weighted by Gasteiger charge is -2.24. The van der Waals surface area contributed by atoms with E-state index >= 15 is 0 Å². The summed E-state index contributed by atoms with van der Waals surface area (Å²) in [7, 11) is 0. The summed E-state index contributed by atoms with van der Waals surface area (Å²) in [4.78, 5) is 0. The molecule has 0 saturated carbocycles. The summed E-state index contributed by atoms with van der Waals surface area (Å²) in [5, 5.41) is 0. The Morgan fingerprint density at radius 1 is 1.47 bits per heavy atom. The van der Waals surface area contributed by atoms with E-state index in [1.165, 1.54) is 0 Å². The van der Waals surface area contributed by atoms with Crippen molar-refractivity contribution in [1.29, 1.82) is 0 Å². The molecule has 19 heavy (non-hydrogen) atoms. The van der Waals surface area contributed by atoms with E-state index in [0.717, 1.165) is 11.1 Å². The van der Waals surface area contributed by atoms with Crippen LogP contribution in [0.2, 0.25) is 0 Å². The molecule has 0 N–H and O–H groups in total. The first-order valence-corrected chi connectivity index (χ1v) is 6.33. The van der Waals surface area contributed by atoms with Gasteiger partial charge in [-0.2, -0.15) is 0 Å². The lowest BCUT2D eigenvalue weighted by molar-refractivity contribution is -0.145. The molecule has 0 bridgehead atoms. The van der Waals surface area contributed by atoms with E-state index in [0.29, 0.717) is 18.6 Å². The van der Waals surface area contributed by atoms with Crippen LogP contribution in [0.4, 0.5) is 0 Å². The third kappa shape index (κ3) is 4.89. The SMILES string of the molecule is C=CC(=C)C(OCC)OC(CC(=C)C)c1ccoc1. The van der Waals surface area contributed by atoms with Crippen LogP contribution in [0.25, 0.3) is 0 Å². The van der Waals surface area contributed by atoms with Crippen LogP contribution < -0.4 is 0 Å². The van der Waals surface area contributed by atoms with E-state index < -0.39 is 6.29 Å². The molecule has 0 aliphatic rings. The van der Waals surface area contributed by atoms with Crippen LogP contribution >= 0.6 is 0 Å². The van der Waals surface area contributed by atoms with Crippen molar-refractivity contribution >= 4 is 0 Å². The molecule has 1 aromatic heterocycles. The monoisotopic (exact) mass is 262 g/mol. The van der Waals surface area contributed by atoms with E-state index in [2.05, 4.69) is 19.7 Å². The predicted octanol–water partition coefficient (Wildman–Crippen LogP) is 4.41. The minimum absolute atomic E-state index is 0.163. The fraction of sp³-hybridized carbons (Fsp3) is 0.375. The van der Waals surface area contributed by atoms with Gasteiger partial charge < -0.3 is 13.9 Å². The van der Waals surface area contributed by atoms with Crippen LogP contribution in [0.5, 0.6) is 0 Å². The maximum Gasteiger partial charge on any atom is 0.183 e. The van der Waals surface area contributed by atoms with Crippen molar-refractivity contribution in [3.8, 4) is 0 Å². The second kappa shape index (κ2) is 7.77. The fourth-order valence-corrected chi connectivity index (χ4v) is 1.65. The molecule has 1 heterocycles. The Hall–Kier alpha value is -1.58.